The summed E-state index contributed by atoms with van der Waals surface area (Å²) in [5, 5.41) is 3.55. The quantitative estimate of drug-likeness (QED) is 0.850. The highest BCUT2D eigenvalue weighted by Crippen LogP contribution is 2.14. The van der Waals surface area contributed by atoms with Gasteiger partial charge < -0.3 is 11.1 Å². The Morgan fingerprint density at radius 1 is 1.38 bits per heavy atom. The van der Waals surface area contributed by atoms with Gasteiger partial charge in [-0.05, 0) is 12.1 Å². The van der Waals surface area contributed by atoms with E-state index in [1.807, 2.05) is 30.3 Å². The third kappa shape index (κ3) is 2.44. The number of nitrogens with zero attached hydrogens (tertiary/aromatic N) is 1. The number of para-hydroxylation sites is 1. The molecule has 2 aromatic rings. The lowest BCUT2D eigenvalue weighted by atomic mass is 10.3. The average molecular weight is 233 g/mol. The summed E-state index contributed by atoms with van der Waals surface area (Å²) in [6.45, 7) is 0.364. The maximum atomic E-state index is 11.8. The van der Waals surface area contributed by atoms with Crippen molar-refractivity contribution >= 4 is 22.9 Å². The molecule has 0 spiro atoms. The molecule has 0 saturated heterocycles. The van der Waals surface area contributed by atoms with Crippen molar-refractivity contribution in [3.63, 3.8) is 0 Å². The zero-order valence-electron chi connectivity index (χ0n) is 8.51. The zero-order chi connectivity index (χ0) is 11.4. The summed E-state index contributed by atoms with van der Waals surface area (Å²) in [7, 11) is 0. The summed E-state index contributed by atoms with van der Waals surface area (Å²) in [5.74, 6) is -0.150. The molecule has 1 aromatic carbocycles. The Labute approximate surface area is 97.1 Å². The first-order chi connectivity index (χ1) is 7.79. The number of carbonyl (C=O) groups is 1. The van der Waals surface area contributed by atoms with Crippen LogP contribution in [0.15, 0.2) is 36.5 Å². The molecular formula is C11H11N3OS. The van der Waals surface area contributed by atoms with E-state index in [1.54, 1.807) is 6.20 Å². The highest BCUT2D eigenvalue weighted by Gasteiger charge is 2.09. The Morgan fingerprint density at radius 3 is 2.75 bits per heavy atom. The van der Waals surface area contributed by atoms with Gasteiger partial charge in [0.05, 0.1) is 6.20 Å². The lowest BCUT2D eigenvalue weighted by molar-refractivity contribution is 0.103. The Kier molecular flexibility index (Phi) is 3.28. The van der Waals surface area contributed by atoms with Gasteiger partial charge in [-0.2, -0.15) is 0 Å². The fourth-order valence-electron chi connectivity index (χ4n) is 1.22. The molecule has 0 aliphatic heterocycles. The summed E-state index contributed by atoms with van der Waals surface area (Å²) in [5.41, 5.74) is 6.21. The highest BCUT2D eigenvalue weighted by molar-refractivity contribution is 7.13. The fourth-order valence-corrected chi connectivity index (χ4v) is 1.92. The molecule has 82 valence electrons. The molecule has 1 heterocycles. The predicted molar refractivity (Wildman–Crippen MR) is 64.4 cm³/mol. The van der Waals surface area contributed by atoms with E-state index >= 15 is 0 Å². The number of benzene rings is 1. The summed E-state index contributed by atoms with van der Waals surface area (Å²) < 4.78 is 0. The summed E-state index contributed by atoms with van der Waals surface area (Å²) in [6.07, 6.45) is 1.55. The van der Waals surface area contributed by atoms with Crippen molar-refractivity contribution in [1.29, 1.82) is 0 Å². The van der Waals surface area contributed by atoms with Crippen LogP contribution in [-0.2, 0) is 6.54 Å². The van der Waals surface area contributed by atoms with Crippen molar-refractivity contribution < 1.29 is 4.79 Å². The van der Waals surface area contributed by atoms with Gasteiger partial charge in [0, 0.05) is 12.2 Å². The number of aromatic nitrogens is 1. The Bertz CT molecular complexity index is 481. The number of carbonyl (C=O) groups excluding carboxylic acids is 1. The van der Waals surface area contributed by atoms with Crippen molar-refractivity contribution in [2.45, 2.75) is 6.54 Å². The second-order valence-electron chi connectivity index (χ2n) is 3.14. The van der Waals surface area contributed by atoms with Crippen LogP contribution in [0.25, 0.3) is 0 Å². The number of amides is 1. The summed E-state index contributed by atoms with van der Waals surface area (Å²) in [6, 6.07) is 9.31. The van der Waals surface area contributed by atoms with E-state index < -0.39 is 0 Å². The first kappa shape index (κ1) is 10.8. The van der Waals surface area contributed by atoms with Gasteiger partial charge in [0.15, 0.2) is 0 Å². The van der Waals surface area contributed by atoms with Crippen LogP contribution >= 0.6 is 11.3 Å². The van der Waals surface area contributed by atoms with Crippen LogP contribution in [-0.4, -0.2) is 10.9 Å². The number of anilines is 1. The zero-order valence-corrected chi connectivity index (χ0v) is 9.33. The monoisotopic (exact) mass is 233 g/mol. The van der Waals surface area contributed by atoms with Gasteiger partial charge >= 0.3 is 0 Å². The number of hydrogen-bond acceptors (Lipinski definition) is 4. The molecule has 0 atom stereocenters. The summed E-state index contributed by atoms with van der Waals surface area (Å²) in [4.78, 5) is 16.4. The third-order valence-corrected chi connectivity index (χ3v) is 3.00. The Balaban J connectivity index is 2.09. The van der Waals surface area contributed by atoms with Gasteiger partial charge in [-0.15, -0.1) is 11.3 Å². The minimum atomic E-state index is -0.150. The van der Waals surface area contributed by atoms with E-state index in [-0.39, 0.29) is 5.91 Å². The molecule has 4 nitrogen and oxygen atoms in total. The molecule has 1 amide bonds. The standard InChI is InChI=1S/C11H11N3OS/c12-6-10-13-7-9(16-10)11(15)14-8-4-2-1-3-5-8/h1-5,7H,6,12H2,(H,14,15). The minimum Gasteiger partial charge on any atom is -0.325 e. The number of thiazole rings is 1. The molecule has 1 aromatic heterocycles. The van der Waals surface area contributed by atoms with Crippen LogP contribution in [0, 0.1) is 0 Å². The van der Waals surface area contributed by atoms with Crippen molar-refractivity contribution in [3.8, 4) is 0 Å². The van der Waals surface area contributed by atoms with E-state index in [4.69, 9.17) is 5.73 Å². The lowest BCUT2D eigenvalue weighted by Crippen LogP contribution is -2.09. The molecule has 0 bridgehead atoms. The molecule has 5 heteroatoms. The van der Waals surface area contributed by atoms with E-state index in [2.05, 4.69) is 10.3 Å². The third-order valence-electron chi connectivity index (χ3n) is 1.98. The molecule has 2 rings (SSSR count). The Hall–Kier alpha value is -1.72. The first-order valence-corrected chi connectivity index (χ1v) is 5.62. The Morgan fingerprint density at radius 2 is 2.12 bits per heavy atom. The fraction of sp³-hybridized carbons (Fsp3) is 0.0909. The second kappa shape index (κ2) is 4.87. The highest BCUT2D eigenvalue weighted by atomic mass is 32.1. The van der Waals surface area contributed by atoms with Gasteiger partial charge in [-0.1, -0.05) is 18.2 Å². The van der Waals surface area contributed by atoms with E-state index in [0.717, 1.165) is 10.7 Å². The SMILES string of the molecule is NCc1ncc(C(=O)Nc2ccccc2)s1. The molecule has 16 heavy (non-hydrogen) atoms. The van der Waals surface area contributed by atoms with E-state index in [1.165, 1.54) is 11.3 Å². The normalized spacial score (nSPS) is 10.1. The van der Waals surface area contributed by atoms with Crippen LogP contribution in [0.3, 0.4) is 0 Å². The van der Waals surface area contributed by atoms with Gasteiger partial charge in [-0.25, -0.2) is 4.98 Å². The van der Waals surface area contributed by atoms with Gasteiger partial charge in [0.1, 0.15) is 9.88 Å². The van der Waals surface area contributed by atoms with Crippen LogP contribution in [0.1, 0.15) is 14.7 Å². The maximum absolute atomic E-state index is 11.8. The number of hydrogen-bond donors (Lipinski definition) is 2. The van der Waals surface area contributed by atoms with Crippen LogP contribution in [0.2, 0.25) is 0 Å². The van der Waals surface area contributed by atoms with Crippen LogP contribution < -0.4 is 11.1 Å². The molecule has 0 radical (unpaired) electrons. The number of rotatable bonds is 3. The van der Waals surface area contributed by atoms with Gasteiger partial charge in [-0.3, -0.25) is 4.79 Å². The lowest BCUT2D eigenvalue weighted by Gasteiger charge is -2.01. The first-order valence-electron chi connectivity index (χ1n) is 4.81. The van der Waals surface area contributed by atoms with Gasteiger partial charge in [0.25, 0.3) is 5.91 Å². The molecule has 3 N–H and O–H groups in total. The molecule has 0 aliphatic rings. The molecule has 0 saturated carbocycles. The average Bonchev–Trinajstić information content (AvgIpc) is 2.79. The minimum absolute atomic E-state index is 0.150. The molecule has 0 fully saturated rings. The van der Waals surface area contributed by atoms with Crippen molar-refractivity contribution in [1.82, 2.24) is 4.98 Å². The van der Waals surface area contributed by atoms with E-state index in [0.29, 0.717) is 11.4 Å². The van der Waals surface area contributed by atoms with Crippen molar-refractivity contribution in [2.75, 3.05) is 5.32 Å². The van der Waals surface area contributed by atoms with Crippen molar-refractivity contribution in [2.24, 2.45) is 5.73 Å². The topological polar surface area (TPSA) is 68.0 Å². The van der Waals surface area contributed by atoms with Crippen LogP contribution in [0.5, 0.6) is 0 Å². The van der Waals surface area contributed by atoms with Crippen molar-refractivity contribution in [3.05, 3.63) is 46.4 Å². The number of nitrogens with two attached hydrogens (primary N) is 1. The second-order valence-corrected chi connectivity index (χ2v) is 4.26. The van der Waals surface area contributed by atoms with Crippen LogP contribution in [0.4, 0.5) is 5.69 Å². The maximum Gasteiger partial charge on any atom is 0.267 e. The largest absolute Gasteiger partial charge is 0.325 e. The molecular weight excluding hydrogens is 222 g/mol. The van der Waals surface area contributed by atoms with E-state index in [9.17, 15) is 4.79 Å². The smallest absolute Gasteiger partial charge is 0.267 e. The van der Waals surface area contributed by atoms with Gasteiger partial charge in [0.2, 0.25) is 0 Å². The summed E-state index contributed by atoms with van der Waals surface area (Å²) >= 11 is 1.31. The number of nitrogens with one attached hydrogen (secondary N) is 1. The molecule has 0 aliphatic carbocycles. The molecule has 0 unspecified atom stereocenters. The predicted octanol–water partition coefficient (Wildman–Crippen LogP) is 1.85.